The second kappa shape index (κ2) is 10.4. The Morgan fingerprint density at radius 1 is 0.879 bits per heavy atom. The van der Waals surface area contributed by atoms with Gasteiger partial charge in [-0.3, -0.25) is 9.69 Å². The van der Waals surface area contributed by atoms with Crippen molar-refractivity contribution in [2.75, 3.05) is 26.2 Å². The molecule has 1 unspecified atom stereocenters. The Bertz CT molecular complexity index is 1070. The highest BCUT2D eigenvalue weighted by Gasteiger charge is 2.44. The molecule has 0 fully saturated rings. The van der Waals surface area contributed by atoms with Crippen molar-refractivity contribution in [1.29, 1.82) is 0 Å². The predicted octanol–water partition coefficient (Wildman–Crippen LogP) is 5.54. The molecule has 0 radical (unpaired) electrons. The molecular weight excluding hydrogens is 435 g/mol. The van der Waals surface area contributed by atoms with E-state index in [0.717, 1.165) is 0 Å². The van der Waals surface area contributed by atoms with Gasteiger partial charge in [0, 0.05) is 18.7 Å². The average molecular weight is 459 g/mol. The van der Waals surface area contributed by atoms with Gasteiger partial charge < -0.3 is 14.2 Å². The second-order valence-electron chi connectivity index (χ2n) is 7.19. The number of ether oxygens (including phenoxy) is 3. The summed E-state index contributed by atoms with van der Waals surface area (Å²) in [4.78, 5) is 13.3. The van der Waals surface area contributed by atoms with Crippen LogP contribution in [0.4, 0.5) is 18.9 Å². The maximum Gasteiger partial charge on any atom is 0.471 e. The van der Waals surface area contributed by atoms with E-state index in [-0.39, 0.29) is 12.2 Å². The van der Waals surface area contributed by atoms with Crippen LogP contribution in [-0.4, -0.2) is 33.4 Å². The Morgan fingerprint density at radius 3 is 2.03 bits per heavy atom. The Kier molecular flexibility index (Phi) is 7.60. The number of benzene rings is 3. The Hall–Kier alpha value is -3.52. The van der Waals surface area contributed by atoms with Crippen LogP contribution in [0.15, 0.2) is 72.8 Å². The third-order valence-corrected chi connectivity index (χ3v) is 5.14. The van der Waals surface area contributed by atoms with Crippen molar-refractivity contribution in [2.24, 2.45) is 0 Å². The van der Waals surface area contributed by atoms with Gasteiger partial charge in [-0.1, -0.05) is 48.5 Å². The van der Waals surface area contributed by atoms with E-state index in [2.05, 4.69) is 0 Å². The number of amides is 1. The van der Waals surface area contributed by atoms with Crippen LogP contribution in [0.1, 0.15) is 22.8 Å². The predicted molar refractivity (Wildman–Crippen MR) is 119 cm³/mol. The third-order valence-electron chi connectivity index (χ3n) is 5.14. The fraction of sp³-hybridized carbons (Fsp3) is 0.240. The molecule has 0 heterocycles. The van der Waals surface area contributed by atoms with Gasteiger partial charge in [0.2, 0.25) is 0 Å². The molecule has 0 aliphatic carbocycles. The molecule has 0 saturated carbocycles. The van der Waals surface area contributed by atoms with Crippen LogP contribution >= 0.6 is 0 Å². The number of carbonyl (C=O) groups excluding carboxylic acids is 1. The number of alkyl halides is 3. The van der Waals surface area contributed by atoms with Crippen LogP contribution < -0.4 is 14.4 Å². The van der Waals surface area contributed by atoms with Gasteiger partial charge in [-0.15, -0.1) is 0 Å². The van der Waals surface area contributed by atoms with E-state index in [1.54, 1.807) is 66.7 Å². The molecule has 8 heteroatoms. The topological polar surface area (TPSA) is 48.0 Å². The second-order valence-corrected chi connectivity index (χ2v) is 7.19. The number of rotatable bonds is 8. The molecule has 0 bridgehead atoms. The van der Waals surface area contributed by atoms with Gasteiger partial charge in [0.05, 0.1) is 26.5 Å². The zero-order valence-corrected chi connectivity index (χ0v) is 18.4. The molecule has 3 rings (SSSR count). The van der Waals surface area contributed by atoms with Crippen molar-refractivity contribution in [1.82, 2.24) is 0 Å². The van der Waals surface area contributed by atoms with E-state index in [4.69, 9.17) is 14.2 Å². The number of nitrogens with zero attached hydrogens (tertiary/aromatic N) is 1. The normalized spacial score (nSPS) is 12.2. The summed E-state index contributed by atoms with van der Waals surface area (Å²) < 4.78 is 57.0. The summed E-state index contributed by atoms with van der Waals surface area (Å²) in [5.74, 6) is -1.04. The third kappa shape index (κ3) is 5.64. The van der Waals surface area contributed by atoms with Crippen molar-refractivity contribution < 1.29 is 32.2 Å². The SMILES string of the molecule is COc1ccc(C(OC)c2ccc(OC)cc2N(Cc2ccccc2)C(=O)C(F)(F)F)cc1. The molecule has 3 aromatic rings. The standard InChI is InChI=1S/C25H24F3NO4/c1-31-19-11-9-18(10-12-19)23(33-3)21-14-13-20(32-2)15-22(21)29(24(30)25(26,27)28)16-17-7-5-4-6-8-17/h4-15,23H,16H2,1-3H3. The Balaban J connectivity index is 2.16. The molecule has 0 saturated heterocycles. The van der Waals surface area contributed by atoms with Crippen molar-refractivity contribution >= 4 is 11.6 Å². The molecule has 33 heavy (non-hydrogen) atoms. The Morgan fingerprint density at radius 2 is 1.48 bits per heavy atom. The zero-order valence-electron chi connectivity index (χ0n) is 18.4. The lowest BCUT2D eigenvalue weighted by Gasteiger charge is -2.29. The lowest BCUT2D eigenvalue weighted by molar-refractivity contribution is -0.170. The lowest BCUT2D eigenvalue weighted by atomic mass is 9.98. The molecule has 5 nitrogen and oxygen atoms in total. The van der Waals surface area contributed by atoms with E-state index in [0.29, 0.717) is 33.1 Å². The van der Waals surface area contributed by atoms with Crippen molar-refractivity contribution in [3.8, 4) is 11.5 Å². The van der Waals surface area contributed by atoms with Gasteiger partial charge in [-0.05, 0) is 29.3 Å². The first-order valence-electron chi connectivity index (χ1n) is 10.1. The highest BCUT2D eigenvalue weighted by atomic mass is 19.4. The minimum absolute atomic E-state index is 0.0446. The summed E-state index contributed by atoms with van der Waals surface area (Å²) in [6.07, 6.45) is -5.81. The average Bonchev–Trinajstić information content (AvgIpc) is 2.83. The summed E-state index contributed by atoms with van der Waals surface area (Å²) in [5, 5.41) is 0. The summed E-state index contributed by atoms with van der Waals surface area (Å²) >= 11 is 0. The molecule has 3 aromatic carbocycles. The van der Waals surface area contributed by atoms with E-state index in [9.17, 15) is 18.0 Å². The van der Waals surface area contributed by atoms with Gasteiger partial charge >= 0.3 is 12.1 Å². The molecular formula is C25H24F3NO4. The minimum Gasteiger partial charge on any atom is -0.497 e. The maximum atomic E-state index is 13.6. The van der Waals surface area contributed by atoms with Crippen molar-refractivity contribution in [3.63, 3.8) is 0 Å². The number of hydrogen-bond acceptors (Lipinski definition) is 4. The van der Waals surface area contributed by atoms with Crippen molar-refractivity contribution in [2.45, 2.75) is 18.8 Å². The van der Waals surface area contributed by atoms with Crippen LogP contribution in [0, 0.1) is 0 Å². The molecule has 0 spiro atoms. The minimum atomic E-state index is -5.07. The maximum absolute atomic E-state index is 13.6. The molecule has 1 atom stereocenters. The highest BCUT2D eigenvalue weighted by molar-refractivity contribution is 5.98. The fourth-order valence-corrected chi connectivity index (χ4v) is 3.51. The smallest absolute Gasteiger partial charge is 0.471 e. The quantitative estimate of drug-likeness (QED) is 0.444. The first-order chi connectivity index (χ1) is 15.8. The number of halogens is 3. The van der Waals surface area contributed by atoms with E-state index >= 15 is 0 Å². The zero-order chi connectivity index (χ0) is 24.0. The number of carbonyl (C=O) groups is 1. The number of methoxy groups -OCH3 is 3. The van der Waals surface area contributed by atoms with Crippen LogP contribution in [0.5, 0.6) is 11.5 Å². The highest BCUT2D eigenvalue weighted by Crippen LogP contribution is 2.38. The molecule has 0 N–H and O–H groups in total. The molecule has 0 aliphatic rings. The molecule has 0 aliphatic heterocycles. The summed E-state index contributed by atoms with van der Waals surface area (Å²) in [6.45, 7) is -0.279. The lowest BCUT2D eigenvalue weighted by Crippen LogP contribution is -2.41. The number of hydrogen-bond donors (Lipinski definition) is 0. The first kappa shape index (κ1) is 24.1. The van der Waals surface area contributed by atoms with E-state index < -0.39 is 18.2 Å². The van der Waals surface area contributed by atoms with E-state index in [1.807, 2.05) is 0 Å². The largest absolute Gasteiger partial charge is 0.497 e. The molecule has 174 valence electrons. The monoisotopic (exact) mass is 459 g/mol. The number of anilines is 1. The molecule has 0 aromatic heterocycles. The van der Waals surface area contributed by atoms with Crippen LogP contribution in [0.25, 0.3) is 0 Å². The van der Waals surface area contributed by atoms with Gasteiger partial charge in [0.15, 0.2) is 0 Å². The Labute approximate surface area is 190 Å². The van der Waals surface area contributed by atoms with Crippen LogP contribution in [0.2, 0.25) is 0 Å². The fourth-order valence-electron chi connectivity index (χ4n) is 3.51. The van der Waals surface area contributed by atoms with Crippen LogP contribution in [-0.2, 0) is 16.1 Å². The van der Waals surface area contributed by atoms with Gasteiger partial charge in [-0.25, -0.2) is 0 Å². The molecule has 1 amide bonds. The van der Waals surface area contributed by atoms with Crippen molar-refractivity contribution in [3.05, 3.63) is 89.5 Å². The van der Waals surface area contributed by atoms with Gasteiger partial charge in [0.25, 0.3) is 0 Å². The summed E-state index contributed by atoms with van der Waals surface area (Å²) in [6, 6.07) is 20.1. The van der Waals surface area contributed by atoms with Gasteiger partial charge in [0.1, 0.15) is 17.6 Å². The van der Waals surface area contributed by atoms with E-state index in [1.165, 1.54) is 27.4 Å². The summed E-state index contributed by atoms with van der Waals surface area (Å²) in [7, 11) is 4.40. The van der Waals surface area contributed by atoms with Gasteiger partial charge in [-0.2, -0.15) is 13.2 Å². The first-order valence-corrected chi connectivity index (χ1v) is 10.1. The summed E-state index contributed by atoms with van der Waals surface area (Å²) in [5.41, 5.74) is 1.66. The van der Waals surface area contributed by atoms with Crippen LogP contribution in [0.3, 0.4) is 0 Å².